The van der Waals surface area contributed by atoms with Crippen molar-refractivity contribution in [3.8, 4) is 55.6 Å². The van der Waals surface area contributed by atoms with Crippen molar-refractivity contribution >= 4 is 145 Å². The van der Waals surface area contributed by atoms with Gasteiger partial charge in [0.05, 0.1) is 5.02 Å². The van der Waals surface area contributed by atoms with Crippen LogP contribution in [0.5, 0.6) is 0 Å². The fourth-order valence-electron chi connectivity index (χ4n) is 12.1. The van der Waals surface area contributed by atoms with Gasteiger partial charge < -0.3 is 17.7 Å². The van der Waals surface area contributed by atoms with Gasteiger partial charge in [-0.1, -0.05) is 271 Å². The van der Waals surface area contributed by atoms with E-state index in [-0.39, 0.29) is 0 Å². The number of hydrogen-bond acceptors (Lipinski definition) is 4. The molecule has 430 valence electrons. The predicted molar refractivity (Wildman–Crippen MR) is 380 cm³/mol. The van der Waals surface area contributed by atoms with Gasteiger partial charge in [-0.25, -0.2) is 0 Å². The number of furan rings is 4. The molecule has 18 rings (SSSR count). The molecule has 0 saturated heterocycles. The molecule has 0 amide bonds. The third-order valence-corrected chi connectivity index (χ3v) is 17.3. The number of halogens is 4. The second-order valence-corrected chi connectivity index (χ2v) is 23.6. The van der Waals surface area contributed by atoms with Crippen molar-refractivity contribution in [3.63, 3.8) is 0 Å². The molecule has 18 aromatic rings. The fourth-order valence-corrected chi connectivity index (χ4v) is 13.0. The number of hydrogen-bond donors (Lipinski definition) is 0. The highest BCUT2D eigenvalue weighted by molar-refractivity contribution is 6.38. The highest BCUT2D eigenvalue weighted by atomic mass is 35.5. The summed E-state index contributed by atoms with van der Waals surface area (Å²) in [6, 6.07) is 102. The molecule has 0 atom stereocenters. The van der Waals surface area contributed by atoms with Crippen molar-refractivity contribution in [2.24, 2.45) is 0 Å². The summed E-state index contributed by atoms with van der Waals surface area (Å²) in [6.45, 7) is 0. The summed E-state index contributed by atoms with van der Waals surface area (Å²) in [5.74, 6) is 0. The molecule has 0 bridgehead atoms. The van der Waals surface area contributed by atoms with E-state index >= 15 is 0 Å². The minimum Gasteiger partial charge on any atom is -0.456 e. The van der Waals surface area contributed by atoms with Gasteiger partial charge in [0.2, 0.25) is 0 Å². The van der Waals surface area contributed by atoms with Gasteiger partial charge >= 0.3 is 0 Å². The molecule has 0 radical (unpaired) electrons. The van der Waals surface area contributed by atoms with Crippen molar-refractivity contribution in [3.05, 3.63) is 323 Å². The first-order valence-electron chi connectivity index (χ1n) is 29.4. The Kier molecular flexibility index (Phi) is 15.2. The van der Waals surface area contributed by atoms with Gasteiger partial charge in [-0.2, -0.15) is 0 Å². The van der Waals surface area contributed by atoms with E-state index in [0.717, 1.165) is 158 Å². The second-order valence-electron chi connectivity index (χ2n) is 21.9. The maximum atomic E-state index is 6.67. The molecular formula is C82H50Cl4O4. The summed E-state index contributed by atoms with van der Waals surface area (Å²) in [5, 5.41) is 13.7. The summed E-state index contributed by atoms with van der Waals surface area (Å²) >= 11 is 25.2. The zero-order valence-corrected chi connectivity index (χ0v) is 51.0. The molecule has 0 spiro atoms. The SMILES string of the molecule is Clc1cc(-c2ccccc2)c2oc3c4ccccc4ccc3c2c1.Clc1cc(-c2ccccc2)cc2oc3c(-c4ccccc4)cccc3c12.Clc1ccc2oc3c(-c4ccccc4)cccc3c2c1.Clc1ccc2oc3cc(-c4ccccc4)ccc3c2c1. The molecule has 0 fully saturated rings. The largest absolute Gasteiger partial charge is 0.456 e. The van der Waals surface area contributed by atoms with E-state index in [4.69, 9.17) is 64.1 Å². The van der Waals surface area contributed by atoms with Gasteiger partial charge in [0, 0.05) is 80.2 Å². The van der Waals surface area contributed by atoms with E-state index in [1.807, 2.05) is 158 Å². The molecule has 14 aromatic carbocycles. The Labute approximate surface area is 537 Å². The van der Waals surface area contributed by atoms with Crippen LogP contribution < -0.4 is 0 Å². The lowest BCUT2D eigenvalue weighted by molar-refractivity contribution is 0.669. The number of fused-ring (bicyclic) bond motifs is 14. The summed E-state index contributed by atoms with van der Waals surface area (Å²) in [7, 11) is 0. The third kappa shape index (κ3) is 10.9. The van der Waals surface area contributed by atoms with Crippen LogP contribution in [0.2, 0.25) is 20.1 Å². The lowest BCUT2D eigenvalue weighted by atomic mass is 10.0. The number of para-hydroxylation sites is 2. The zero-order chi connectivity index (χ0) is 60.7. The summed E-state index contributed by atoms with van der Waals surface area (Å²) in [5.41, 5.74) is 18.2. The zero-order valence-electron chi connectivity index (χ0n) is 48.0. The first-order chi connectivity index (χ1) is 44.3. The normalized spacial score (nSPS) is 11.3. The van der Waals surface area contributed by atoms with Gasteiger partial charge in [0.1, 0.15) is 44.7 Å². The highest BCUT2D eigenvalue weighted by Gasteiger charge is 2.19. The lowest BCUT2D eigenvalue weighted by Crippen LogP contribution is -1.79. The van der Waals surface area contributed by atoms with Crippen LogP contribution in [0.3, 0.4) is 0 Å². The molecule has 0 unspecified atom stereocenters. The van der Waals surface area contributed by atoms with Gasteiger partial charge in [0.15, 0.2) is 0 Å². The van der Waals surface area contributed by atoms with Gasteiger partial charge in [0.25, 0.3) is 0 Å². The fraction of sp³-hybridized carbons (Fsp3) is 0. The Balaban J connectivity index is 0.000000101. The summed E-state index contributed by atoms with van der Waals surface area (Å²) < 4.78 is 24.6. The highest BCUT2D eigenvalue weighted by Crippen LogP contribution is 2.44. The third-order valence-electron chi connectivity index (χ3n) is 16.3. The van der Waals surface area contributed by atoms with E-state index < -0.39 is 0 Å². The average molecular weight is 1240 g/mol. The monoisotopic (exact) mass is 1240 g/mol. The molecule has 0 aliphatic heterocycles. The van der Waals surface area contributed by atoms with Gasteiger partial charge in [-0.05, 0) is 123 Å². The van der Waals surface area contributed by atoms with Crippen molar-refractivity contribution in [2.45, 2.75) is 0 Å². The van der Waals surface area contributed by atoms with E-state index in [2.05, 4.69) is 146 Å². The lowest BCUT2D eigenvalue weighted by Gasteiger charge is -2.03. The van der Waals surface area contributed by atoms with E-state index in [1.165, 1.54) is 10.9 Å². The van der Waals surface area contributed by atoms with Crippen molar-refractivity contribution in [2.75, 3.05) is 0 Å². The Morgan fingerprint density at radius 3 is 1.29 bits per heavy atom. The topological polar surface area (TPSA) is 52.6 Å². The Hall–Kier alpha value is -10.3. The predicted octanol–water partition coefficient (Wildman–Crippen LogP) is 26.4. The van der Waals surface area contributed by atoms with Crippen LogP contribution in [0.4, 0.5) is 0 Å². The minimum absolute atomic E-state index is 0.713. The summed E-state index contributed by atoms with van der Waals surface area (Å²) in [4.78, 5) is 0. The first kappa shape index (κ1) is 56.2. The second kappa shape index (κ2) is 24.3. The molecule has 0 saturated carbocycles. The van der Waals surface area contributed by atoms with Crippen LogP contribution in [-0.4, -0.2) is 0 Å². The molecule has 0 aliphatic rings. The standard InChI is InChI=1S/C24H15ClO.C22H13ClO.2C18H11ClO/c25-21-14-18(16-8-3-1-4-9-16)15-22-23(21)20-13-7-12-19(24(20)26-22)17-10-5-2-6-11-17;23-16-12-19(14-6-2-1-3-7-14)22-20(13-16)18-11-10-15-8-4-5-9-17(15)21(18)24-22;19-13-9-10-17-16(11-13)15-8-4-7-14(18(15)20-17)12-5-2-1-3-6-12;19-14-7-9-17-16(11-14)15-8-6-13(10-18(15)20-17)12-4-2-1-3-5-12/h1-15H;1-13H;2*1-11H. The number of benzene rings is 14. The van der Waals surface area contributed by atoms with E-state index in [0.29, 0.717) is 5.02 Å². The smallest absolute Gasteiger partial charge is 0.143 e. The van der Waals surface area contributed by atoms with Crippen LogP contribution in [0, 0.1) is 0 Å². The Morgan fingerprint density at radius 1 is 0.200 bits per heavy atom. The van der Waals surface area contributed by atoms with E-state index in [9.17, 15) is 0 Å². The minimum atomic E-state index is 0.713. The van der Waals surface area contributed by atoms with Crippen LogP contribution in [0.25, 0.3) is 154 Å². The molecule has 0 N–H and O–H groups in total. The molecule has 8 heteroatoms. The van der Waals surface area contributed by atoms with Crippen LogP contribution in [-0.2, 0) is 0 Å². The van der Waals surface area contributed by atoms with Crippen molar-refractivity contribution in [1.82, 2.24) is 0 Å². The Bertz CT molecular complexity index is 5640. The molecule has 4 heterocycles. The summed E-state index contributed by atoms with van der Waals surface area (Å²) in [6.07, 6.45) is 0. The van der Waals surface area contributed by atoms with Crippen molar-refractivity contribution < 1.29 is 17.7 Å². The van der Waals surface area contributed by atoms with Crippen LogP contribution in [0.15, 0.2) is 321 Å². The van der Waals surface area contributed by atoms with Crippen LogP contribution >= 0.6 is 46.4 Å². The van der Waals surface area contributed by atoms with Crippen LogP contribution in [0.1, 0.15) is 0 Å². The van der Waals surface area contributed by atoms with E-state index in [1.54, 1.807) is 0 Å². The molecule has 4 aromatic heterocycles. The molecule has 4 nitrogen and oxygen atoms in total. The quantitative estimate of drug-likeness (QED) is 0.172. The van der Waals surface area contributed by atoms with Gasteiger partial charge in [-0.3, -0.25) is 0 Å². The molecular weight excluding hydrogens is 1190 g/mol. The molecule has 90 heavy (non-hydrogen) atoms. The maximum absolute atomic E-state index is 6.67. The first-order valence-corrected chi connectivity index (χ1v) is 31.0. The molecule has 0 aliphatic carbocycles. The Morgan fingerprint density at radius 2 is 0.656 bits per heavy atom. The number of rotatable bonds is 5. The average Bonchev–Trinajstić information content (AvgIpc) is 1.78. The van der Waals surface area contributed by atoms with Gasteiger partial charge in [-0.15, -0.1) is 0 Å². The maximum Gasteiger partial charge on any atom is 0.143 e. The van der Waals surface area contributed by atoms with Crippen molar-refractivity contribution in [1.29, 1.82) is 0 Å².